The fourth-order valence-electron chi connectivity index (χ4n) is 3.32. The van der Waals surface area contributed by atoms with Gasteiger partial charge in [0.2, 0.25) is 10.0 Å². The molecule has 0 unspecified atom stereocenters. The van der Waals surface area contributed by atoms with E-state index in [4.69, 9.17) is 16.3 Å². The Balaban J connectivity index is 1.88. The standard InChI is InChI=1S/C24H24ClFN2O4S/c1-16(17-4-7-20(25)8-5-17)27-24(29)18-6-13-23(32-2)19(14-18)15-28(33(3,30)31)22-11-9-21(26)10-12-22/h4-14,16H,15H2,1-3H3,(H,27,29)/t16-/m1/s1. The molecule has 0 radical (unpaired) electrons. The van der Waals surface area contributed by atoms with Crippen molar-refractivity contribution in [1.29, 1.82) is 0 Å². The predicted molar refractivity (Wildman–Crippen MR) is 128 cm³/mol. The molecule has 0 aliphatic carbocycles. The number of rotatable bonds is 8. The molecule has 0 saturated heterocycles. The quantitative estimate of drug-likeness (QED) is 0.485. The highest BCUT2D eigenvalue weighted by Gasteiger charge is 2.21. The van der Waals surface area contributed by atoms with E-state index in [9.17, 15) is 17.6 Å². The second kappa shape index (κ2) is 10.2. The number of ether oxygens (including phenoxy) is 1. The number of nitrogens with zero attached hydrogens (tertiary/aromatic N) is 1. The van der Waals surface area contributed by atoms with Crippen LogP contribution in [0.3, 0.4) is 0 Å². The van der Waals surface area contributed by atoms with Crippen LogP contribution in [0.25, 0.3) is 0 Å². The van der Waals surface area contributed by atoms with E-state index >= 15 is 0 Å². The van der Waals surface area contributed by atoms with Gasteiger partial charge in [0, 0.05) is 16.1 Å². The SMILES string of the molecule is COc1ccc(C(=O)N[C@H](C)c2ccc(Cl)cc2)cc1CN(c1ccc(F)cc1)S(C)(=O)=O. The van der Waals surface area contributed by atoms with Crippen LogP contribution in [0.4, 0.5) is 10.1 Å². The number of amides is 1. The summed E-state index contributed by atoms with van der Waals surface area (Å²) in [5, 5.41) is 3.53. The van der Waals surface area contributed by atoms with Gasteiger partial charge >= 0.3 is 0 Å². The summed E-state index contributed by atoms with van der Waals surface area (Å²) in [5.74, 6) is -0.375. The summed E-state index contributed by atoms with van der Waals surface area (Å²) >= 11 is 5.92. The van der Waals surface area contributed by atoms with Gasteiger partial charge in [0.05, 0.1) is 31.6 Å². The smallest absolute Gasteiger partial charge is 0.251 e. The van der Waals surface area contributed by atoms with Crippen molar-refractivity contribution >= 4 is 33.2 Å². The van der Waals surface area contributed by atoms with E-state index in [0.29, 0.717) is 27.6 Å². The second-order valence-corrected chi connectivity index (χ2v) is 9.86. The van der Waals surface area contributed by atoms with Gasteiger partial charge < -0.3 is 10.1 Å². The van der Waals surface area contributed by atoms with Crippen molar-refractivity contribution in [3.05, 3.63) is 94.3 Å². The zero-order chi connectivity index (χ0) is 24.2. The Kier molecular flexibility index (Phi) is 7.61. The molecule has 0 heterocycles. The lowest BCUT2D eigenvalue weighted by atomic mass is 10.1. The zero-order valence-electron chi connectivity index (χ0n) is 18.4. The van der Waals surface area contributed by atoms with Crippen molar-refractivity contribution in [1.82, 2.24) is 5.32 Å². The number of nitrogens with one attached hydrogen (secondary N) is 1. The molecule has 0 aliphatic heterocycles. The van der Waals surface area contributed by atoms with Gasteiger partial charge in [-0.15, -0.1) is 0 Å². The number of sulfonamides is 1. The molecule has 6 nitrogen and oxygen atoms in total. The number of hydrogen-bond donors (Lipinski definition) is 1. The van der Waals surface area contributed by atoms with Crippen molar-refractivity contribution in [3.63, 3.8) is 0 Å². The molecular formula is C24H24ClFN2O4S. The van der Waals surface area contributed by atoms with Gasteiger partial charge in [-0.05, 0) is 67.1 Å². The Morgan fingerprint density at radius 3 is 2.30 bits per heavy atom. The maximum atomic E-state index is 13.3. The summed E-state index contributed by atoms with van der Waals surface area (Å²) in [7, 11) is -2.24. The molecule has 33 heavy (non-hydrogen) atoms. The summed E-state index contributed by atoms with van der Waals surface area (Å²) in [6, 6.07) is 16.8. The first-order valence-electron chi connectivity index (χ1n) is 10.0. The van der Waals surface area contributed by atoms with Crippen LogP contribution in [-0.2, 0) is 16.6 Å². The molecule has 0 saturated carbocycles. The lowest BCUT2D eigenvalue weighted by molar-refractivity contribution is 0.0939. The van der Waals surface area contributed by atoms with Gasteiger partial charge in [-0.3, -0.25) is 9.10 Å². The van der Waals surface area contributed by atoms with Gasteiger partial charge in [-0.2, -0.15) is 0 Å². The molecule has 3 aromatic rings. The Morgan fingerprint density at radius 2 is 1.73 bits per heavy atom. The van der Waals surface area contributed by atoms with Crippen LogP contribution in [0, 0.1) is 5.82 Å². The molecule has 0 aliphatic rings. The fourth-order valence-corrected chi connectivity index (χ4v) is 4.32. The first-order chi connectivity index (χ1) is 15.6. The number of hydrogen-bond acceptors (Lipinski definition) is 4. The summed E-state index contributed by atoms with van der Waals surface area (Å²) in [5.41, 5.74) is 2.02. The maximum Gasteiger partial charge on any atom is 0.251 e. The molecule has 3 aromatic carbocycles. The molecule has 0 aromatic heterocycles. The summed E-state index contributed by atoms with van der Waals surface area (Å²) in [6.07, 6.45) is 1.06. The number of carbonyl (C=O) groups excluding carboxylic acids is 1. The van der Waals surface area contributed by atoms with Crippen molar-refractivity contribution in [2.45, 2.75) is 19.5 Å². The highest BCUT2D eigenvalue weighted by molar-refractivity contribution is 7.92. The first-order valence-corrected chi connectivity index (χ1v) is 12.3. The lowest BCUT2D eigenvalue weighted by Crippen LogP contribution is -2.30. The van der Waals surface area contributed by atoms with Crippen LogP contribution in [0.5, 0.6) is 5.75 Å². The molecule has 0 bridgehead atoms. The Hall–Kier alpha value is -3.10. The molecule has 1 amide bonds. The van der Waals surface area contributed by atoms with Crippen LogP contribution >= 0.6 is 11.6 Å². The lowest BCUT2D eigenvalue weighted by Gasteiger charge is -2.24. The van der Waals surface area contributed by atoms with Crippen LogP contribution in [-0.4, -0.2) is 27.7 Å². The van der Waals surface area contributed by atoms with Gasteiger partial charge in [0.15, 0.2) is 0 Å². The van der Waals surface area contributed by atoms with Crippen molar-refractivity contribution in [2.24, 2.45) is 0 Å². The first kappa shape index (κ1) is 24.5. The molecule has 3 rings (SSSR count). The number of methoxy groups -OCH3 is 1. The predicted octanol–water partition coefficient (Wildman–Crippen LogP) is 4.94. The topological polar surface area (TPSA) is 75.7 Å². The van der Waals surface area contributed by atoms with Gasteiger partial charge in [0.1, 0.15) is 11.6 Å². The molecule has 0 fully saturated rings. The van der Waals surface area contributed by atoms with Crippen molar-refractivity contribution < 1.29 is 22.3 Å². The fraction of sp³-hybridized carbons (Fsp3) is 0.208. The van der Waals surface area contributed by atoms with Crippen molar-refractivity contribution in [2.75, 3.05) is 17.7 Å². The average molecular weight is 491 g/mol. The molecule has 1 N–H and O–H groups in total. The van der Waals surface area contributed by atoms with Gasteiger partial charge in [-0.1, -0.05) is 23.7 Å². The third kappa shape index (κ3) is 6.24. The highest BCUT2D eigenvalue weighted by Crippen LogP contribution is 2.27. The number of benzene rings is 3. The van der Waals surface area contributed by atoms with E-state index in [2.05, 4.69) is 5.32 Å². The minimum Gasteiger partial charge on any atom is -0.496 e. The monoisotopic (exact) mass is 490 g/mol. The number of halogens is 2. The highest BCUT2D eigenvalue weighted by atomic mass is 35.5. The minimum absolute atomic E-state index is 0.0957. The third-order valence-corrected chi connectivity index (χ3v) is 6.48. The molecule has 174 valence electrons. The van der Waals surface area contributed by atoms with Gasteiger partial charge in [0.25, 0.3) is 5.91 Å². The van der Waals surface area contributed by atoms with Crippen LogP contribution in [0.2, 0.25) is 5.02 Å². The normalized spacial score (nSPS) is 12.2. The Labute approximate surface area is 198 Å². The van der Waals surface area contributed by atoms with Crippen molar-refractivity contribution in [3.8, 4) is 5.75 Å². The number of anilines is 1. The van der Waals surface area contributed by atoms with Gasteiger partial charge in [-0.25, -0.2) is 12.8 Å². The van der Waals surface area contributed by atoms with E-state index in [1.807, 2.05) is 19.1 Å². The van der Waals surface area contributed by atoms with E-state index in [1.54, 1.807) is 30.3 Å². The molecule has 0 spiro atoms. The van der Waals surface area contributed by atoms with E-state index < -0.39 is 15.8 Å². The zero-order valence-corrected chi connectivity index (χ0v) is 20.0. The van der Waals surface area contributed by atoms with E-state index in [-0.39, 0.29) is 18.5 Å². The third-order valence-electron chi connectivity index (χ3n) is 5.09. The second-order valence-electron chi connectivity index (χ2n) is 7.52. The van der Waals surface area contributed by atoms with E-state index in [1.165, 1.54) is 31.4 Å². The summed E-state index contributed by atoms with van der Waals surface area (Å²) < 4.78 is 44.8. The molecule has 1 atom stereocenters. The Morgan fingerprint density at radius 1 is 1.09 bits per heavy atom. The summed E-state index contributed by atoms with van der Waals surface area (Å²) in [4.78, 5) is 12.9. The largest absolute Gasteiger partial charge is 0.496 e. The summed E-state index contributed by atoms with van der Waals surface area (Å²) in [6.45, 7) is 1.76. The molecular weight excluding hydrogens is 467 g/mol. The maximum absolute atomic E-state index is 13.3. The van der Waals surface area contributed by atoms with Crippen LogP contribution < -0.4 is 14.4 Å². The Bertz CT molecular complexity index is 1230. The number of carbonyl (C=O) groups is 1. The molecule has 9 heteroatoms. The van der Waals surface area contributed by atoms with Crippen LogP contribution in [0.1, 0.15) is 34.5 Å². The average Bonchev–Trinajstić information content (AvgIpc) is 2.77. The minimum atomic E-state index is -3.70. The van der Waals surface area contributed by atoms with Crippen LogP contribution in [0.15, 0.2) is 66.7 Å². The van der Waals surface area contributed by atoms with E-state index in [0.717, 1.165) is 16.1 Å².